The highest BCUT2D eigenvalue weighted by atomic mass is 16.5. The van der Waals surface area contributed by atoms with Gasteiger partial charge in [0, 0.05) is 44.5 Å². The molecule has 0 radical (unpaired) electrons. The van der Waals surface area contributed by atoms with Crippen molar-refractivity contribution in [1.29, 1.82) is 0 Å². The van der Waals surface area contributed by atoms with E-state index in [1.165, 1.54) is 6.42 Å². The summed E-state index contributed by atoms with van der Waals surface area (Å²) < 4.78 is 10.9. The highest BCUT2D eigenvalue weighted by Crippen LogP contribution is 2.25. The molecule has 2 aliphatic rings. The van der Waals surface area contributed by atoms with E-state index in [2.05, 4.69) is 32.6 Å². The standard InChI is InChI=1S/C25H34N4O4/c1-32-21-11-9-20(10-12-21)28-13-15-29(16-14-28)22(23-8-5-17-33-23)18-26-24(30)25(31)27-19-6-3-2-4-7-19/h5,8-12,17,19,22H,2-4,6-7,13-16,18H2,1H3,(H,26,30)(H,27,31)/t22-/m0/s1. The molecule has 1 saturated heterocycles. The summed E-state index contributed by atoms with van der Waals surface area (Å²) in [6.45, 7) is 3.69. The molecule has 2 aromatic rings. The van der Waals surface area contributed by atoms with Crippen LogP contribution in [0.3, 0.4) is 0 Å². The first-order valence-corrected chi connectivity index (χ1v) is 11.9. The zero-order valence-corrected chi connectivity index (χ0v) is 19.3. The number of carbonyl (C=O) groups excluding carboxylic acids is 2. The zero-order chi connectivity index (χ0) is 23.0. The average Bonchev–Trinajstić information content (AvgIpc) is 3.40. The van der Waals surface area contributed by atoms with Gasteiger partial charge in [0.25, 0.3) is 0 Å². The number of amides is 2. The quantitative estimate of drug-likeness (QED) is 0.626. The summed E-state index contributed by atoms with van der Waals surface area (Å²) in [6, 6.07) is 11.9. The summed E-state index contributed by atoms with van der Waals surface area (Å²) in [4.78, 5) is 29.5. The lowest BCUT2D eigenvalue weighted by Crippen LogP contribution is -2.51. The van der Waals surface area contributed by atoms with Crippen LogP contribution in [0.5, 0.6) is 5.75 Å². The van der Waals surface area contributed by atoms with Gasteiger partial charge in [-0.1, -0.05) is 19.3 Å². The Kier molecular flexibility index (Phi) is 7.88. The minimum absolute atomic E-state index is 0.115. The Morgan fingerprint density at radius 1 is 1.03 bits per heavy atom. The molecule has 8 nitrogen and oxygen atoms in total. The lowest BCUT2D eigenvalue weighted by molar-refractivity contribution is -0.139. The van der Waals surface area contributed by atoms with Gasteiger partial charge in [0.05, 0.1) is 19.4 Å². The Bertz CT molecular complexity index is 886. The van der Waals surface area contributed by atoms with E-state index in [0.29, 0.717) is 6.54 Å². The molecule has 4 rings (SSSR count). The molecule has 0 bridgehead atoms. The Morgan fingerprint density at radius 3 is 2.39 bits per heavy atom. The third-order valence-electron chi connectivity index (χ3n) is 6.67. The summed E-state index contributed by atoms with van der Waals surface area (Å²) in [6.07, 6.45) is 6.97. The fourth-order valence-electron chi connectivity index (χ4n) is 4.74. The molecule has 2 heterocycles. The number of nitrogens with one attached hydrogen (secondary N) is 2. The van der Waals surface area contributed by atoms with E-state index in [-0.39, 0.29) is 12.1 Å². The maximum Gasteiger partial charge on any atom is 0.309 e. The van der Waals surface area contributed by atoms with Crippen LogP contribution in [0, 0.1) is 0 Å². The van der Waals surface area contributed by atoms with Crippen molar-refractivity contribution in [3.63, 3.8) is 0 Å². The lowest BCUT2D eigenvalue weighted by Gasteiger charge is -2.39. The molecule has 2 amide bonds. The molecule has 1 aromatic carbocycles. The summed E-state index contributed by atoms with van der Waals surface area (Å²) in [5.74, 6) is 0.526. The van der Waals surface area contributed by atoms with Crippen molar-refractivity contribution in [2.75, 3.05) is 44.7 Å². The molecule has 1 aliphatic carbocycles. The Morgan fingerprint density at radius 2 is 1.76 bits per heavy atom. The minimum atomic E-state index is -0.575. The molecule has 0 spiro atoms. The molecule has 0 unspecified atom stereocenters. The van der Waals surface area contributed by atoms with Gasteiger partial charge in [0.2, 0.25) is 0 Å². The van der Waals surface area contributed by atoms with Crippen LogP contribution in [0.25, 0.3) is 0 Å². The lowest BCUT2D eigenvalue weighted by atomic mass is 9.95. The number of methoxy groups -OCH3 is 1. The van der Waals surface area contributed by atoms with Crippen LogP contribution >= 0.6 is 0 Å². The molecule has 33 heavy (non-hydrogen) atoms. The Hall–Kier alpha value is -3.00. The molecule has 1 aromatic heterocycles. The van der Waals surface area contributed by atoms with Crippen molar-refractivity contribution >= 4 is 17.5 Å². The van der Waals surface area contributed by atoms with E-state index in [1.807, 2.05) is 24.3 Å². The van der Waals surface area contributed by atoms with Crippen molar-refractivity contribution in [3.05, 3.63) is 48.4 Å². The second-order valence-electron chi connectivity index (χ2n) is 8.77. The van der Waals surface area contributed by atoms with Gasteiger partial charge in [0.1, 0.15) is 11.5 Å². The van der Waals surface area contributed by atoms with Crippen LogP contribution in [0.4, 0.5) is 5.69 Å². The van der Waals surface area contributed by atoms with Crippen molar-refractivity contribution < 1.29 is 18.7 Å². The van der Waals surface area contributed by atoms with E-state index in [1.54, 1.807) is 13.4 Å². The number of ether oxygens (including phenoxy) is 1. The fourth-order valence-corrected chi connectivity index (χ4v) is 4.74. The summed E-state index contributed by atoms with van der Waals surface area (Å²) in [7, 11) is 1.67. The molecular formula is C25H34N4O4. The maximum absolute atomic E-state index is 12.5. The van der Waals surface area contributed by atoms with Gasteiger partial charge in [-0.3, -0.25) is 14.5 Å². The van der Waals surface area contributed by atoms with Crippen molar-refractivity contribution in [2.45, 2.75) is 44.2 Å². The third kappa shape index (κ3) is 6.07. The molecule has 2 fully saturated rings. The van der Waals surface area contributed by atoms with Crippen molar-refractivity contribution in [2.24, 2.45) is 0 Å². The molecular weight excluding hydrogens is 420 g/mol. The number of rotatable bonds is 7. The number of hydrogen-bond acceptors (Lipinski definition) is 6. The first-order valence-electron chi connectivity index (χ1n) is 11.9. The monoisotopic (exact) mass is 454 g/mol. The predicted molar refractivity (Wildman–Crippen MR) is 126 cm³/mol. The summed E-state index contributed by atoms with van der Waals surface area (Å²) in [5, 5.41) is 5.72. The first kappa shape index (κ1) is 23.2. The van der Waals surface area contributed by atoms with Gasteiger partial charge < -0.3 is 24.7 Å². The van der Waals surface area contributed by atoms with E-state index in [4.69, 9.17) is 9.15 Å². The summed E-state index contributed by atoms with van der Waals surface area (Å²) >= 11 is 0. The average molecular weight is 455 g/mol. The van der Waals surface area contributed by atoms with E-state index < -0.39 is 11.8 Å². The second-order valence-corrected chi connectivity index (χ2v) is 8.77. The first-order chi connectivity index (χ1) is 16.1. The van der Waals surface area contributed by atoms with Gasteiger partial charge in [-0.2, -0.15) is 0 Å². The number of carbonyl (C=O) groups is 2. The van der Waals surface area contributed by atoms with Crippen LogP contribution in [0.15, 0.2) is 47.1 Å². The largest absolute Gasteiger partial charge is 0.497 e. The molecule has 8 heteroatoms. The zero-order valence-electron chi connectivity index (χ0n) is 19.3. The topological polar surface area (TPSA) is 87.0 Å². The van der Waals surface area contributed by atoms with Gasteiger partial charge in [-0.25, -0.2) is 0 Å². The number of benzene rings is 1. The second kappa shape index (κ2) is 11.2. The Balaban J connectivity index is 1.32. The van der Waals surface area contributed by atoms with Crippen LogP contribution in [-0.2, 0) is 9.59 Å². The van der Waals surface area contributed by atoms with E-state index in [9.17, 15) is 9.59 Å². The molecule has 1 atom stereocenters. The number of furan rings is 1. The predicted octanol–water partition coefficient (Wildman–Crippen LogP) is 2.72. The number of nitrogens with zero attached hydrogens (tertiary/aromatic N) is 2. The molecule has 1 aliphatic heterocycles. The van der Waals surface area contributed by atoms with E-state index >= 15 is 0 Å². The highest BCUT2D eigenvalue weighted by Gasteiger charge is 2.28. The smallest absolute Gasteiger partial charge is 0.309 e. The normalized spacial score (nSPS) is 18.5. The Labute approximate surface area is 195 Å². The van der Waals surface area contributed by atoms with Crippen molar-refractivity contribution in [1.82, 2.24) is 15.5 Å². The number of anilines is 1. The fraction of sp³-hybridized carbons (Fsp3) is 0.520. The van der Waals surface area contributed by atoms with Crippen LogP contribution in [0.1, 0.15) is 43.9 Å². The number of piperazine rings is 1. The van der Waals surface area contributed by atoms with Gasteiger partial charge in [-0.15, -0.1) is 0 Å². The van der Waals surface area contributed by atoms with Crippen LogP contribution in [-0.4, -0.2) is 62.6 Å². The van der Waals surface area contributed by atoms with E-state index in [0.717, 1.165) is 69.1 Å². The molecule has 1 saturated carbocycles. The third-order valence-corrected chi connectivity index (χ3v) is 6.67. The van der Waals surface area contributed by atoms with Crippen LogP contribution < -0.4 is 20.3 Å². The molecule has 178 valence electrons. The summed E-state index contributed by atoms with van der Waals surface area (Å²) in [5.41, 5.74) is 1.16. The highest BCUT2D eigenvalue weighted by molar-refractivity contribution is 6.35. The van der Waals surface area contributed by atoms with Crippen LogP contribution in [0.2, 0.25) is 0 Å². The minimum Gasteiger partial charge on any atom is -0.497 e. The maximum atomic E-state index is 12.5. The van der Waals surface area contributed by atoms with Gasteiger partial charge >= 0.3 is 11.8 Å². The molecule has 2 N–H and O–H groups in total. The SMILES string of the molecule is COc1ccc(N2CCN([C@@H](CNC(=O)C(=O)NC3CCCCC3)c3ccco3)CC2)cc1. The number of hydrogen-bond donors (Lipinski definition) is 2. The van der Waals surface area contributed by atoms with Crippen molar-refractivity contribution in [3.8, 4) is 5.75 Å². The van der Waals surface area contributed by atoms with Gasteiger partial charge in [-0.05, 0) is 49.2 Å². The van der Waals surface area contributed by atoms with Gasteiger partial charge in [0.15, 0.2) is 0 Å².